The van der Waals surface area contributed by atoms with E-state index in [1.54, 1.807) is 0 Å². The Kier molecular flexibility index (Phi) is 3.50. The van der Waals surface area contributed by atoms with E-state index < -0.39 is 0 Å². The molecule has 1 aliphatic rings. The van der Waals surface area contributed by atoms with Crippen molar-refractivity contribution in [3.8, 4) is 0 Å². The van der Waals surface area contributed by atoms with Crippen LogP contribution in [0.5, 0.6) is 0 Å². The van der Waals surface area contributed by atoms with Gasteiger partial charge in [-0.1, -0.05) is 36.8 Å². The van der Waals surface area contributed by atoms with Gasteiger partial charge in [0.25, 0.3) is 0 Å². The highest BCUT2D eigenvalue weighted by Crippen LogP contribution is 2.33. The summed E-state index contributed by atoms with van der Waals surface area (Å²) in [4.78, 5) is 22.8. The molecule has 16 heavy (non-hydrogen) atoms. The van der Waals surface area contributed by atoms with Gasteiger partial charge in [0.2, 0.25) is 0 Å². The lowest BCUT2D eigenvalue weighted by Crippen LogP contribution is -2.14. The highest BCUT2D eigenvalue weighted by atomic mass is 16.1. The van der Waals surface area contributed by atoms with E-state index in [9.17, 15) is 9.59 Å². The van der Waals surface area contributed by atoms with Gasteiger partial charge in [-0.15, -0.1) is 0 Å². The SMILES string of the molecule is O=C[C@H]1CCC[C@H]1CC(=O)c1ccccc1. The first-order valence-electron chi connectivity index (χ1n) is 5.85. The zero-order chi connectivity index (χ0) is 11.4. The molecule has 0 bridgehead atoms. The number of hydrogen-bond donors (Lipinski definition) is 0. The average molecular weight is 216 g/mol. The van der Waals surface area contributed by atoms with Crippen LogP contribution in [0.15, 0.2) is 30.3 Å². The summed E-state index contributed by atoms with van der Waals surface area (Å²) in [5.41, 5.74) is 0.763. The Morgan fingerprint density at radius 2 is 2.00 bits per heavy atom. The highest BCUT2D eigenvalue weighted by molar-refractivity contribution is 5.96. The summed E-state index contributed by atoms with van der Waals surface area (Å²) in [6, 6.07) is 9.33. The number of Topliss-reactive ketones (excluding diaryl/α,β-unsaturated/α-hetero) is 1. The Morgan fingerprint density at radius 3 is 2.69 bits per heavy atom. The van der Waals surface area contributed by atoms with Crippen LogP contribution in [0.1, 0.15) is 36.0 Å². The molecule has 0 unspecified atom stereocenters. The second-order valence-electron chi connectivity index (χ2n) is 4.48. The molecule has 84 valence electrons. The van der Waals surface area contributed by atoms with E-state index >= 15 is 0 Å². The first-order chi connectivity index (χ1) is 7.81. The molecule has 0 radical (unpaired) electrons. The molecule has 0 saturated heterocycles. The topological polar surface area (TPSA) is 34.1 Å². The fourth-order valence-electron chi connectivity index (χ4n) is 2.48. The summed E-state index contributed by atoms with van der Waals surface area (Å²) in [7, 11) is 0. The first kappa shape index (κ1) is 11.1. The van der Waals surface area contributed by atoms with Crippen molar-refractivity contribution in [2.75, 3.05) is 0 Å². The van der Waals surface area contributed by atoms with Crippen molar-refractivity contribution in [3.63, 3.8) is 0 Å². The molecule has 0 spiro atoms. The molecular weight excluding hydrogens is 200 g/mol. The van der Waals surface area contributed by atoms with Gasteiger partial charge in [0, 0.05) is 17.9 Å². The van der Waals surface area contributed by atoms with Crippen LogP contribution in [0.25, 0.3) is 0 Å². The van der Waals surface area contributed by atoms with Crippen molar-refractivity contribution in [3.05, 3.63) is 35.9 Å². The Balaban J connectivity index is 2.00. The molecule has 2 heteroatoms. The third-order valence-corrected chi connectivity index (χ3v) is 3.44. The third-order valence-electron chi connectivity index (χ3n) is 3.44. The van der Waals surface area contributed by atoms with Crippen molar-refractivity contribution in [2.24, 2.45) is 11.8 Å². The van der Waals surface area contributed by atoms with Crippen LogP contribution >= 0.6 is 0 Å². The minimum absolute atomic E-state index is 0.104. The van der Waals surface area contributed by atoms with Crippen LogP contribution in [0.2, 0.25) is 0 Å². The third kappa shape index (κ3) is 2.38. The van der Waals surface area contributed by atoms with Gasteiger partial charge in [-0.25, -0.2) is 0 Å². The molecular formula is C14H16O2. The minimum atomic E-state index is 0.104. The molecule has 2 atom stereocenters. The van der Waals surface area contributed by atoms with Gasteiger partial charge in [-0.3, -0.25) is 4.79 Å². The molecule has 0 heterocycles. The molecule has 2 rings (SSSR count). The number of carbonyl (C=O) groups is 2. The number of carbonyl (C=O) groups excluding carboxylic acids is 2. The number of hydrogen-bond acceptors (Lipinski definition) is 2. The van der Waals surface area contributed by atoms with E-state index in [4.69, 9.17) is 0 Å². The predicted molar refractivity (Wildman–Crippen MR) is 62.3 cm³/mol. The van der Waals surface area contributed by atoms with Crippen LogP contribution in [-0.4, -0.2) is 12.1 Å². The monoisotopic (exact) mass is 216 g/mol. The van der Waals surface area contributed by atoms with E-state index in [1.807, 2.05) is 30.3 Å². The van der Waals surface area contributed by atoms with E-state index in [0.29, 0.717) is 6.42 Å². The van der Waals surface area contributed by atoms with Gasteiger partial charge in [-0.2, -0.15) is 0 Å². The standard InChI is InChI=1S/C14H16O2/c15-10-13-8-4-7-12(13)9-14(16)11-5-2-1-3-6-11/h1-3,5-6,10,12-13H,4,7-9H2/t12-,13+/m0/s1. The fraction of sp³-hybridized carbons (Fsp3) is 0.429. The quantitative estimate of drug-likeness (QED) is 0.573. The molecule has 1 aliphatic carbocycles. The van der Waals surface area contributed by atoms with Crippen LogP contribution < -0.4 is 0 Å². The summed E-state index contributed by atoms with van der Waals surface area (Å²) < 4.78 is 0. The zero-order valence-corrected chi connectivity index (χ0v) is 9.26. The van der Waals surface area contributed by atoms with Gasteiger partial charge >= 0.3 is 0 Å². The summed E-state index contributed by atoms with van der Waals surface area (Å²) >= 11 is 0. The number of rotatable bonds is 4. The Labute approximate surface area is 95.7 Å². The average Bonchev–Trinajstić information content (AvgIpc) is 2.77. The molecule has 2 nitrogen and oxygen atoms in total. The molecule has 0 amide bonds. The second-order valence-corrected chi connectivity index (χ2v) is 4.48. The molecule has 0 aromatic heterocycles. The van der Waals surface area contributed by atoms with Crippen molar-refractivity contribution >= 4 is 12.1 Å². The fourth-order valence-corrected chi connectivity index (χ4v) is 2.48. The van der Waals surface area contributed by atoms with Crippen LogP contribution in [-0.2, 0) is 4.79 Å². The number of ketones is 1. The smallest absolute Gasteiger partial charge is 0.163 e. The van der Waals surface area contributed by atoms with E-state index in [0.717, 1.165) is 31.1 Å². The normalized spacial score (nSPS) is 24.2. The summed E-state index contributed by atoms with van der Waals surface area (Å²) in [5, 5.41) is 0. The van der Waals surface area contributed by atoms with Crippen LogP contribution in [0, 0.1) is 11.8 Å². The lowest BCUT2D eigenvalue weighted by atomic mass is 9.90. The highest BCUT2D eigenvalue weighted by Gasteiger charge is 2.28. The maximum absolute atomic E-state index is 11.9. The molecule has 0 N–H and O–H groups in total. The number of benzene rings is 1. The predicted octanol–water partition coefficient (Wildman–Crippen LogP) is 2.87. The Hall–Kier alpha value is -1.44. The maximum atomic E-state index is 11.9. The van der Waals surface area contributed by atoms with Crippen molar-refractivity contribution in [1.29, 1.82) is 0 Å². The van der Waals surface area contributed by atoms with Gasteiger partial charge < -0.3 is 4.79 Å². The largest absolute Gasteiger partial charge is 0.303 e. The zero-order valence-electron chi connectivity index (χ0n) is 9.26. The van der Waals surface area contributed by atoms with Crippen LogP contribution in [0.3, 0.4) is 0 Å². The number of aldehydes is 1. The Bertz CT molecular complexity index is 370. The van der Waals surface area contributed by atoms with Gasteiger partial charge in [0.1, 0.15) is 6.29 Å². The Morgan fingerprint density at radius 1 is 1.25 bits per heavy atom. The minimum Gasteiger partial charge on any atom is -0.303 e. The maximum Gasteiger partial charge on any atom is 0.163 e. The lowest BCUT2D eigenvalue weighted by Gasteiger charge is -2.12. The first-order valence-corrected chi connectivity index (χ1v) is 5.85. The van der Waals surface area contributed by atoms with Crippen molar-refractivity contribution < 1.29 is 9.59 Å². The summed E-state index contributed by atoms with van der Waals surface area (Å²) in [6.45, 7) is 0. The summed E-state index contributed by atoms with van der Waals surface area (Å²) in [5.74, 6) is 0.539. The van der Waals surface area contributed by atoms with Gasteiger partial charge in [0.05, 0.1) is 0 Å². The van der Waals surface area contributed by atoms with E-state index in [2.05, 4.69) is 0 Å². The van der Waals surface area contributed by atoms with E-state index in [1.165, 1.54) is 0 Å². The van der Waals surface area contributed by atoms with Crippen molar-refractivity contribution in [2.45, 2.75) is 25.7 Å². The lowest BCUT2D eigenvalue weighted by molar-refractivity contribution is -0.111. The molecule has 1 fully saturated rings. The molecule has 0 aliphatic heterocycles. The second kappa shape index (κ2) is 5.06. The van der Waals surface area contributed by atoms with Gasteiger partial charge in [-0.05, 0) is 18.8 Å². The van der Waals surface area contributed by atoms with E-state index in [-0.39, 0.29) is 17.6 Å². The van der Waals surface area contributed by atoms with Gasteiger partial charge in [0.15, 0.2) is 5.78 Å². The molecule has 1 saturated carbocycles. The molecule has 1 aromatic rings. The van der Waals surface area contributed by atoms with Crippen LogP contribution in [0.4, 0.5) is 0 Å². The summed E-state index contributed by atoms with van der Waals surface area (Å²) in [6.07, 6.45) is 4.59. The molecule has 1 aromatic carbocycles. The van der Waals surface area contributed by atoms with Crippen molar-refractivity contribution in [1.82, 2.24) is 0 Å².